The maximum Gasteiger partial charge on any atom is 0.329 e. The lowest BCUT2D eigenvalue weighted by molar-refractivity contribution is -0.131. The van der Waals surface area contributed by atoms with Crippen LogP contribution in [0.2, 0.25) is 0 Å². The molecule has 0 aromatic heterocycles. The Hall–Kier alpha value is -2.17. The van der Waals surface area contributed by atoms with Crippen LogP contribution in [-0.4, -0.2) is 23.5 Å². The van der Waals surface area contributed by atoms with Crippen molar-refractivity contribution in [3.05, 3.63) is 35.7 Å². The molecule has 0 unspecified atom stereocenters. The maximum absolute atomic E-state index is 14.1. The third-order valence-corrected chi connectivity index (χ3v) is 4.21. The number of fused-ring (bicyclic) bond motifs is 1. The van der Waals surface area contributed by atoms with E-state index in [-0.39, 0.29) is 11.3 Å². The third-order valence-electron chi connectivity index (χ3n) is 4.21. The van der Waals surface area contributed by atoms with Gasteiger partial charge >= 0.3 is 5.97 Å². The molecular weight excluding hydrogens is 273 g/mol. The van der Waals surface area contributed by atoms with E-state index in [0.717, 1.165) is 31.8 Å². The van der Waals surface area contributed by atoms with E-state index in [1.807, 2.05) is 0 Å². The maximum atomic E-state index is 14.1. The summed E-state index contributed by atoms with van der Waals surface area (Å²) in [6, 6.07) is 4.40. The SMILES string of the molecule is O=C(O)/C=C1/C(=O)N(CC2CCCC2)c2c(F)cccc21. The number of carbonyl (C=O) groups excluding carboxylic acids is 1. The summed E-state index contributed by atoms with van der Waals surface area (Å²) >= 11 is 0. The van der Waals surface area contributed by atoms with Gasteiger partial charge in [0, 0.05) is 18.2 Å². The standard InChI is InChI=1S/C16H16FNO3/c17-13-7-3-6-11-12(8-14(19)20)16(21)18(15(11)13)9-10-4-1-2-5-10/h3,6-8,10H,1-2,4-5,9H2,(H,19,20)/b12-8+. The molecule has 5 heteroatoms. The molecular formula is C16H16FNO3. The summed E-state index contributed by atoms with van der Waals surface area (Å²) in [4.78, 5) is 24.8. The van der Waals surface area contributed by atoms with Crippen LogP contribution >= 0.6 is 0 Å². The van der Waals surface area contributed by atoms with Gasteiger partial charge in [0.1, 0.15) is 5.82 Å². The Labute approximate surface area is 121 Å². The first-order chi connectivity index (χ1) is 10.1. The summed E-state index contributed by atoms with van der Waals surface area (Å²) in [7, 11) is 0. The third kappa shape index (κ3) is 2.44. The van der Waals surface area contributed by atoms with Crippen molar-refractivity contribution in [2.45, 2.75) is 25.7 Å². The van der Waals surface area contributed by atoms with E-state index in [4.69, 9.17) is 5.11 Å². The zero-order chi connectivity index (χ0) is 15.0. The van der Waals surface area contributed by atoms with Crippen LogP contribution in [0.4, 0.5) is 10.1 Å². The van der Waals surface area contributed by atoms with E-state index in [9.17, 15) is 14.0 Å². The van der Waals surface area contributed by atoms with Crippen molar-refractivity contribution in [3.63, 3.8) is 0 Å². The number of hydrogen-bond acceptors (Lipinski definition) is 2. The van der Waals surface area contributed by atoms with E-state index < -0.39 is 17.7 Å². The van der Waals surface area contributed by atoms with Gasteiger partial charge in [0.05, 0.1) is 11.3 Å². The summed E-state index contributed by atoms with van der Waals surface area (Å²) < 4.78 is 14.1. The highest BCUT2D eigenvalue weighted by molar-refractivity contribution is 6.34. The molecule has 2 aliphatic rings. The molecule has 1 aromatic rings. The fourth-order valence-corrected chi connectivity index (χ4v) is 3.26. The molecule has 3 rings (SSSR count). The molecule has 1 heterocycles. The van der Waals surface area contributed by atoms with Gasteiger partial charge in [-0.25, -0.2) is 9.18 Å². The number of nitrogens with zero attached hydrogens (tertiary/aromatic N) is 1. The number of rotatable bonds is 3. The van der Waals surface area contributed by atoms with Crippen molar-refractivity contribution in [2.75, 3.05) is 11.4 Å². The Morgan fingerprint density at radius 3 is 2.76 bits per heavy atom. The van der Waals surface area contributed by atoms with Crippen LogP contribution in [0.15, 0.2) is 24.3 Å². The van der Waals surface area contributed by atoms with Crippen molar-refractivity contribution in [1.29, 1.82) is 0 Å². The first-order valence-electron chi connectivity index (χ1n) is 7.13. The molecule has 1 fully saturated rings. The number of carboxylic acids is 1. The fourth-order valence-electron chi connectivity index (χ4n) is 3.26. The number of amides is 1. The number of carbonyl (C=O) groups is 2. The lowest BCUT2D eigenvalue weighted by atomic mass is 10.1. The number of carboxylic acid groups (broad SMARTS) is 1. The normalized spacial score (nSPS) is 20.3. The number of aliphatic carboxylic acids is 1. The minimum absolute atomic E-state index is 0.0648. The molecule has 110 valence electrons. The number of halogens is 1. The zero-order valence-electron chi connectivity index (χ0n) is 11.5. The lowest BCUT2D eigenvalue weighted by Gasteiger charge is -2.21. The van der Waals surface area contributed by atoms with Gasteiger partial charge in [-0.1, -0.05) is 25.0 Å². The second-order valence-electron chi connectivity index (χ2n) is 5.60. The molecule has 4 nitrogen and oxygen atoms in total. The first kappa shape index (κ1) is 13.8. The number of anilines is 1. The summed E-state index contributed by atoms with van der Waals surface area (Å²) in [5.41, 5.74) is 0.664. The van der Waals surface area contributed by atoms with Crippen LogP contribution in [0.5, 0.6) is 0 Å². The average Bonchev–Trinajstić information content (AvgIpc) is 3.02. The molecule has 1 aliphatic heterocycles. The quantitative estimate of drug-likeness (QED) is 0.870. The lowest BCUT2D eigenvalue weighted by Crippen LogP contribution is -2.31. The van der Waals surface area contributed by atoms with Gasteiger partial charge in [-0.15, -0.1) is 0 Å². The smallest absolute Gasteiger partial charge is 0.329 e. The van der Waals surface area contributed by atoms with E-state index in [1.165, 1.54) is 17.0 Å². The molecule has 0 bridgehead atoms. The molecule has 21 heavy (non-hydrogen) atoms. The Balaban J connectivity index is 2.02. The summed E-state index contributed by atoms with van der Waals surface area (Å²) in [6.45, 7) is 0.462. The summed E-state index contributed by atoms with van der Waals surface area (Å²) in [6.07, 6.45) is 5.20. The van der Waals surface area contributed by atoms with Crippen LogP contribution in [-0.2, 0) is 9.59 Å². The number of para-hydroxylation sites is 1. The van der Waals surface area contributed by atoms with Crippen molar-refractivity contribution in [2.24, 2.45) is 5.92 Å². The monoisotopic (exact) mass is 289 g/mol. The van der Waals surface area contributed by atoms with Gasteiger partial charge in [-0.3, -0.25) is 4.79 Å². The Morgan fingerprint density at radius 2 is 2.10 bits per heavy atom. The largest absolute Gasteiger partial charge is 0.478 e. The highest BCUT2D eigenvalue weighted by Gasteiger charge is 2.36. The van der Waals surface area contributed by atoms with Crippen molar-refractivity contribution < 1.29 is 19.1 Å². The minimum Gasteiger partial charge on any atom is -0.478 e. The van der Waals surface area contributed by atoms with Gasteiger partial charge in [-0.2, -0.15) is 0 Å². The summed E-state index contributed by atoms with van der Waals surface area (Å²) in [5.74, 6) is -1.72. The van der Waals surface area contributed by atoms with Gasteiger partial charge in [0.25, 0.3) is 5.91 Å². The Bertz CT molecular complexity index is 632. The molecule has 1 N–H and O–H groups in total. The van der Waals surface area contributed by atoms with E-state index >= 15 is 0 Å². The highest BCUT2D eigenvalue weighted by Crippen LogP contribution is 2.40. The number of benzene rings is 1. The molecule has 1 aliphatic carbocycles. The van der Waals surface area contributed by atoms with Crippen LogP contribution in [0.25, 0.3) is 5.57 Å². The van der Waals surface area contributed by atoms with Crippen molar-refractivity contribution >= 4 is 23.1 Å². The van der Waals surface area contributed by atoms with Gasteiger partial charge in [0.2, 0.25) is 0 Å². The topological polar surface area (TPSA) is 57.6 Å². The molecule has 1 saturated carbocycles. The minimum atomic E-state index is -1.20. The predicted octanol–water partition coefficient (Wildman–Crippen LogP) is 2.83. The fraction of sp³-hybridized carbons (Fsp3) is 0.375. The van der Waals surface area contributed by atoms with Crippen LogP contribution in [0.3, 0.4) is 0 Å². The summed E-state index contributed by atoms with van der Waals surface area (Å²) in [5, 5.41) is 8.92. The Kier molecular flexibility index (Phi) is 3.49. The Morgan fingerprint density at radius 1 is 1.38 bits per heavy atom. The molecule has 0 saturated heterocycles. The first-order valence-corrected chi connectivity index (χ1v) is 7.13. The second kappa shape index (κ2) is 5.31. The van der Waals surface area contributed by atoms with Gasteiger partial charge < -0.3 is 10.0 Å². The van der Waals surface area contributed by atoms with Crippen LogP contribution in [0, 0.1) is 11.7 Å². The van der Waals surface area contributed by atoms with E-state index in [2.05, 4.69) is 0 Å². The van der Waals surface area contributed by atoms with E-state index in [0.29, 0.717) is 18.0 Å². The molecule has 1 aromatic carbocycles. The van der Waals surface area contributed by atoms with Crippen molar-refractivity contribution in [3.8, 4) is 0 Å². The van der Waals surface area contributed by atoms with Crippen LogP contribution < -0.4 is 4.90 Å². The second-order valence-corrected chi connectivity index (χ2v) is 5.60. The number of hydrogen-bond donors (Lipinski definition) is 1. The zero-order valence-corrected chi connectivity index (χ0v) is 11.5. The molecule has 0 atom stereocenters. The van der Waals surface area contributed by atoms with Gasteiger partial charge in [-0.05, 0) is 24.8 Å². The molecule has 0 spiro atoms. The molecule has 1 amide bonds. The average molecular weight is 289 g/mol. The molecule has 0 radical (unpaired) electrons. The van der Waals surface area contributed by atoms with Gasteiger partial charge in [0.15, 0.2) is 0 Å². The predicted molar refractivity (Wildman–Crippen MR) is 76.3 cm³/mol. The van der Waals surface area contributed by atoms with E-state index in [1.54, 1.807) is 6.07 Å². The highest BCUT2D eigenvalue weighted by atomic mass is 19.1. The van der Waals surface area contributed by atoms with Crippen molar-refractivity contribution in [1.82, 2.24) is 0 Å². The van der Waals surface area contributed by atoms with Crippen LogP contribution in [0.1, 0.15) is 31.2 Å².